The number of aliphatic carboxylic acids is 1. The van der Waals surface area contributed by atoms with Gasteiger partial charge in [0.05, 0.1) is 4.91 Å². The molecule has 1 N–H and O–H groups in total. The molecule has 0 aliphatic heterocycles. The van der Waals surface area contributed by atoms with Crippen LogP contribution in [0.3, 0.4) is 0 Å². The summed E-state index contributed by atoms with van der Waals surface area (Å²) in [5.41, 5.74) is 0. The third-order valence-corrected chi connectivity index (χ3v) is 0.438. The fraction of sp³-hybridized carbons (Fsp3) is 0. The van der Waals surface area contributed by atoms with Crippen LogP contribution in [0.4, 0.5) is 0 Å². The molecule has 0 saturated carbocycles. The summed E-state index contributed by atoms with van der Waals surface area (Å²) in [4.78, 5) is 9.39. The largest absolute Gasteiger partial charge is 0.477 e. The van der Waals surface area contributed by atoms with Crippen molar-refractivity contribution < 1.29 is 9.90 Å². The van der Waals surface area contributed by atoms with E-state index < -0.39 is 5.97 Å². The maximum Gasteiger partial charge on any atom is 0.341 e. The molecule has 0 rings (SSSR count). The molecule has 2 nitrogen and oxygen atoms in total. The van der Waals surface area contributed by atoms with Gasteiger partial charge in [0, 0.05) is 0 Å². The Balaban J connectivity index is 0. The van der Waals surface area contributed by atoms with Crippen molar-refractivity contribution in [1.82, 2.24) is 0 Å². The predicted octanol–water partition coefficient (Wildman–Crippen LogP) is 1.32. The van der Waals surface area contributed by atoms with Gasteiger partial charge >= 0.3 is 5.97 Å². The molecule has 0 aliphatic rings. The first kappa shape index (κ1) is 10.3. The molecule has 8 heavy (non-hydrogen) atoms. The van der Waals surface area contributed by atoms with Gasteiger partial charge in [-0.3, -0.25) is 0 Å². The summed E-state index contributed by atoms with van der Waals surface area (Å²) in [6.07, 6.45) is 0. The number of rotatable bonds is 1. The lowest BCUT2D eigenvalue weighted by Gasteiger charge is -1.78. The summed E-state index contributed by atoms with van der Waals surface area (Å²) in [5, 5.41) is 7.81. The minimum absolute atomic E-state index is 0.130. The molecule has 0 aromatic heterocycles. The Morgan fingerprint density at radius 3 is 1.62 bits per heavy atom. The lowest BCUT2D eigenvalue weighted by Crippen LogP contribution is -1.89. The van der Waals surface area contributed by atoms with Crippen molar-refractivity contribution in [2.45, 2.75) is 0 Å². The van der Waals surface area contributed by atoms with E-state index in [-0.39, 0.29) is 4.91 Å². The quantitative estimate of drug-likeness (QED) is 0.321. The van der Waals surface area contributed by atoms with Crippen LogP contribution in [0.5, 0.6) is 0 Å². The number of carboxylic acid groups (broad SMARTS) is 1. The number of thiol groups is 1. The highest BCUT2D eigenvalue weighted by atomic mass is 32.1. The number of hydrogen-bond donors (Lipinski definition) is 2. The molecule has 0 fully saturated rings. The van der Waals surface area contributed by atoms with E-state index in [1.807, 2.05) is 0 Å². The summed E-state index contributed by atoms with van der Waals surface area (Å²) in [5.74, 6) is -1.07. The van der Waals surface area contributed by atoms with Gasteiger partial charge in [-0.1, -0.05) is 6.58 Å². The average Bonchev–Trinajstić information content (AvgIpc) is 1.72. The number of carbonyl (C=O) groups is 1. The summed E-state index contributed by atoms with van der Waals surface area (Å²) in [7, 11) is 0. The smallest absolute Gasteiger partial charge is 0.341 e. The highest BCUT2D eigenvalue weighted by Crippen LogP contribution is 1.91. The van der Waals surface area contributed by atoms with Crippen molar-refractivity contribution in [2.24, 2.45) is 0 Å². The zero-order valence-electron chi connectivity index (χ0n) is 4.42. The first-order valence-electron chi connectivity index (χ1n) is 1.75. The molecular formula is C5H8O2S. The van der Waals surface area contributed by atoms with E-state index in [4.69, 9.17) is 5.11 Å². The van der Waals surface area contributed by atoms with Crippen LogP contribution in [0.15, 0.2) is 24.6 Å². The maximum absolute atomic E-state index is 9.52. The average molecular weight is 132 g/mol. The standard InChI is InChI=1S/C3H4O2S.C2H4/c1-2(6)3(4)5;1-2/h6H,1H2,(H,4,5);1-2H2. The van der Waals surface area contributed by atoms with Crippen LogP contribution in [0, 0.1) is 0 Å². The van der Waals surface area contributed by atoms with Crippen molar-refractivity contribution in [1.29, 1.82) is 0 Å². The second kappa shape index (κ2) is 6.30. The lowest BCUT2D eigenvalue weighted by atomic mass is 10.7. The molecular weight excluding hydrogens is 124 g/mol. The zero-order valence-corrected chi connectivity index (χ0v) is 5.32. The topological polar surface area (TPSA) is 37.3 Å². The molecule has 0 aliphatic carbocycles. The highest BCUT2D eigenvalue weighted by Gasteiger charge is 1.91. The molecule has 0 amide bonds. The van der Waals surface area contributed by atoms with Gasteiger partial charge < -0.3 is 5.11 Å². The highest BCUT2D eigenvalue weighted by molar-refractivity contribution is 7.85. The Hall–Kier alpha value is -0.700. The molecule has 46 valence electrons. The summed E-state index contributed by atoms with van der Waals surface area (Å²) in [6, 6.07) is 0. The Morgan fingerprint density at radius 1 is 1.50 bits per heavy atom. The van der Waals surface area contributed by atoms with E-state index in [1.165, 1.54) is 0 Å². The zero-order chi connectivity index (χ0) is 7.15. The number of hydrogen-bond acceptors (Lipinski definition) is 2. The van der Waals surface area contributed by atoms with Gasteiger partial charge in [-0.15, -0.1) is 25.8 Å². The molecule has 0 spiro atoms. The van der Waals surface area contributed by atoms with Gasteiger partial charge in [0.1, 0.15) is 0 Å². The minimum Gasteiger partial charge on any atom is -0.477 e. The third kappa shape index (κ3) is 9.00. The van der Waals surface area contributed by atoms with E-state index in [0.717, 1.165) is 0 Å². The van der Waals surface area contributed by atoms with Gasteiger partial charge in [0.15, 0.2) is 0 Å². The van der Waals surface area contributed by atoms with Gasteiger partial charge in [0.25, 0.3) is 0 Å². The molecule has 0 saturated heterocycles. The van der Waals surface area contributed by atoms with E-state index in [0.29, 0.717) is 0 Å². The monoisotopic (exact) mass is 132 g/mol. The molecule has 0 aromatic carbocycles. The molecule has 0 atom stereocenters. The Bertz CT molecular complexity index is 86.6. The van der Waals surface area contributed by atoms with Crippen molar-refractivity contribution in [3.8, 4) is 0 Å². The van der Waals surface area contributed by atoms with Gasteiger partial charge in [-0.2, -0.15) is 0 Å². The van der Waals surface area contributed by atoms with E-state index in [2.05, 4.69) is 32.4 Å². The maximum atomic E-state index is 9.52. The van der Waals surface area contributed by atoms with Crippen LogP contribution >= 0.6 is 12.6 Å². The SMILES string of the molecule is C=C.C=C(S)C(=O)O. The van der Waals surface area contributed by atoms with Crippen LogP contribution in [0.25, 0.3) is 0 Å². The molecule has 3 heteroatoms. The van der Waals surface area contributed by atoms with Crippen molar-refractivity contribution in [3.63, 3.8) is 0 Å². The second-order valence-corrected chi connectivity index (χ2v) is 1.29. The summed E-state index contributed by atoms with van der Waals surface area (Å²) < 4.78 is 0. The van der Waals surface area contributed by atoms with Crippen molar-refractivity contribution in [3.05, 3.63) is 24.6 Å². The Morgan fingerprint density at radius 2 is 1.62 bits per heavy atom. The van der Waals surface area contributed by atoms with E-state index in [1.54, 1.807) is 0 Å². The molecule has 0 unspecified atom stereocenters. The minimum atomic E-state index is -1.07. The van der Waals surface area contributed by atoms with Crippen LogP contribution in [0.1, 0.15) is 0 Å². The van der Waals surface area contributed by atoms with E-state index >= 15 is 0 Å². The fourth-order valence-corrected chi connectivity index (χ4v) is 0. The van der Waals surface area contributed by atoms with Gasteiger partial charge in [0.2, 0.25) is 0 Å². The normalized spacial score (nSPS) is 6.12. The summed E-state index contributed by atoms with van der Waals surface area (Å²) in [6.45, 7) is 9.02. The summed E-state index contributed by atoms with van der Waals surface area (Å²) >= 11 is 3.40. The second-order valence-electron chi connectivity index (χ2n) is 0.752. The van der Waals surface area contributed by atoms with Crippen molar-refractivity contribution in [2.75, 3.05) is 0 Å². The van der Waals surface area contributed by atoms with E-state index in [9.17, 15) is 4.79 Å². The molecule has 0 heterocycles. The van der Waals surface area contributed by atoms with Crippen molar-refractivity contribution >= 4 is 18.6 Å². The molecule has 0 aromatic rings. The van der Waals surface area contributed by atoms with Crippen LogP contribution in [-0.2, 0) is 4.79 Å². The van der Waals surface area contributed by atoms with Gasteiger partial charge in [-0.25, -0.2) is 4.79 Å². The van der Waals surface area contributed by atoms with Gasteiger partial charge in [-0.05, 0) is 0 Å². The van der Waals surface area contributed by atoms with Crippen LogP contribution in [0.2, 0.25) is 0 Å². The molecule has 0 bridgehead atoms. The van der Waals surface area contributed by atoms with Crippen LogP contribution < -0.4 is 0 Å². The molecule has 0 radical (unpaired) electrons. The lowest BCUT2D eigenvalue weighted by molar-refractivity contribution is -0.131. The Labute approximate surface area is 53.9 Å². The predicted molar refractivity (Wildman–Crippen MR) is 37.0 cm³/mol. The first-order valence-corrected chi connectivity index (χ1v) is 2.20. The first-order chi connectivity index (χ1) is 3.64. The Kier molecular flexibility index (Phi) is 8.12. The fourth-order valence-electron chi connectivity index (χ4n) is 0. The third-order valence-electron chi connectivity index (χ3n) is 0.247. The van der Waals surface area contributed by atoms with Crippen LogP contribution in [-0.4, -0.2) is 11.1 Å². The number of carboxylic acids is 1.